The number of anilines is 2. The highest BCUT2D eigenvalue weighted by molar-refractivity contribution is 5.45. The van der Waals surface area contributed by atoms with E-state index in [1.54, 1.807) is 12.3 Å². The number of hydrazine groups is 1. The molecule has 0 saturated heterocycles. The Morgan fingerprint density at radius 1 is 1.12 bits per heavy atom. The molecule has 82 valence electrons. The molecule has 0 fully saturated rings. The molecule has 0 unspecified atom stereocenters. The average Bonchev–Trinajstić information content (AvgIpc) is 2.38. The lowest BCUT2D eigenvalue weighted by atomic mass is 10.4. The summed E-state index contributed by atoms with van der Waals surface area (Å²) in [5.74, 6) is 6.48. The van der Waals surface area contributed by atoms with E-state index in [0.717, 1.165) is 5.69 Å². The van der Waals surface area contributed by atoms with Crippen LogP contribution in [0.2, 0.25) is 0 Å². The fourth-order valence-corrected chi connectivity index (χ4v) is 1.14. The number of hydrogen-bond acceptors (Lipinski definition) is 7. The van der Waals surface area contributed by atoms with Gasteiger partial charge < -0.3 is 10.7 Å². The van der Waals surface area contributed by atoms with Crippen LogP contribution in [0.1, 0.15) is 5.69 Å². The number of rotatable bonds is 4. The summed E-state index contributed by atoms with van der Waals surface area (Å²) >= 11 is 0. The smallest absolute Gasteiger partial charge is 0.145 e. The maximum atomic E-state index is 5.24. The lowest BCUT2D eigenvalue weighted by Crippen LogP contribution is -2.10. The van der Waals surface area contributed by atoms with Crippen LogP contribution in [0.4, 0.5) is 11.6 Å². The molecule has 0 aliphatic rings. The quantitative estimate of drug-likeness (QED) is 0.495. The number of aromatic nitrogens is 4. The van der Waals surface area contributed by atoms with Crippen molar-refractivity contribution in [1.29, 1.82) is 0 Å². The molecule has 0 bridgehead atoms. The Labute approximate surface area is 92.1 Å². The second-order valence-corrected chi connectivity index (χ2v) is 2.99. The molecule has 2 rings (SSSR count). The van der Waals surface area contributed by atoms with Crippen LogP contribution < -0.4 is 16.6 Å². The Morgan fingerprint density at radius 2 is 2.00 bits per heavy atom. The first-order chi connectivity index (χ1) is 7.88. The monoisotopic (exact) mass is 217 g/mol. The van der Waals surface area contributed by atoms with Crippen LogP contribution in [0.3, 0.4) is 0 Å². The molecule has 2 aromatic rings. The van der Waals surface area contributed by atoms with E-state index < -0.39 is 0 Å². The molecule has 0 radical (unpaired) electrons. The molecule has 7 nitrogen and oxygen atoms in total. The van der Waals surface area contributed by atoms with Gasteiger partial charge in [0.2, 0.25) is 0 Å². The van der Waals surface area contributed by atoms with Crippen LogP contribution in [0.15, 0.2) is 31.0 Å². The van der Waals surface area contributed by atoms with Crippen molar-refractivity contribution >= 4 is 11.6 Å². The van der Waals surface area contributed by atoms with Gasteiger partial charge in [-0.25, -0.2) is 25.8 Å². The van der Waals surface area contributed by atoms with Gasteiger partial charge in [-0.2, -0.15) is 0 Å². The second-order valence-electron chi connectivity index (χ2n) is 2.99. The summed E-state index contributed by atoms with van der Waals surface area (Å²) in [7, 11) is 0. The van der Waals surface area contributed by atoms with Crippen LogP contribution in [0.5, 0.6) is 0 Å². The molecule has 0 amide bonds. The SMILES string of the molecule is NNc1cc(NCc2ccncn2)ncn1. The van der Waals surface area contributed by atoms with Gasteiger partial charge in [-0.1, -0.05) is 0 Å². The first-order valence-corrected chi connectivity index (χ1v) is 4.66. The number of nitrogens with one attached hydrogen (secondary N) is 2. The van der Waals surface area contributed by atoms with Gasteiger partial charge in [-0.3, -0.25) is 0 Å². The third kappa shape index (κ3) is 2.61. The van der Waals surface area contributed by atoms with E-state index in [1.165, 1.54) is 12.7 Å². The Kier molecular flexibility index (Phi) is 3.19. The molecule has 2 aromatic heterocycles. The van der Waals surface area contributed by atoms with Gasteiger partial charge in [0.1, 0.15) is 24.3 Å². The maximum Gasteiger partial charge on any atom is 0.145 e. The van der Waals surface area contributed by atoms with Crippen LogP contribution in [-0.4, -0.2) is 19.9 Å². The summed E-state index contributed by atoms with van der Waals surface area (Å²) in [5.41, 5.74) is 3.33. The summed E-state index contributed by atoms with van der Waals surface area (Å²) in [4.78, 5) is 15.9. The van der Waals surface area contributed by atoms with E-state index in [0.29, 0.717) is 18.2 Å². The van der Waals surface area contributed by atoms with E-state index in [4.69, 9.17) is 5.84 Å². The van der Waals surface area contributed by atoms with Gasteiger partial charge in [-0.15, -0.1) is 0 Å². The predicted molar refractivity (Wildman–Crippen MR) is 59.2 cm³/mol. The lowest BCUT2D eigenvalue weighted by Gasteiger charge is -2.05. The highest BCUT2D eigenvalue weighted by atomic mass is 15.3. The molecule has 0 spiro atoms. The van der Waals surface area contributed by atoms with Crippen molar-refractivity contribution in [3.05, 3.63) is 36.7 Å². The van der Waals surface area contributed by atoms with E-state index in [-0.39, 0.29) is 0 Å². The zero-order valence-electron chi connectivity index (χ0n) is 8.46. The summed E-state index contributed by atoms with van der Waals surface area (Å²) in [6, 6.07) is 3.54. The van der Waals surface area contributed by atoms with E-state index in [2.05, 4.69) is 30.7 Å². The van der Waals surface area contributed by atoms with Crippen molar-refractivity contribution in [3.63, 3.8) is 0 Å². The van der Waals surface area contributed by atoms with Crippen molar-refractivity contribution in [3.8, 4) is 0 Å². The van der Waals surface area contributed by atoms with Gasteiger partial charge in [0, 0.05) is 12.3 Å². The molecule has 0 aliphatic carbocycles. The van der Waals surface area contributed by atoms with Crippen molar-refractivity contribution in [2.75, 3.05) is 10.7 Å². The number of hydrogen-bond donors (Lipinski definition) is 3. The molecule has 7 heteroatoms. The molecule has 16 heavy (non-hydrogen) atoms. The highest BCUT2D eigenvalue weighted by Crippen LogP contribution is 2.07. The van der Waals surface area contributed by atoms with Crippen LogP contribution in [0.25, 0.3) is 0 Å². The summed E-state index contributed by atoms with van der Waals surface area (Å²) in [6.45, 7) is 0.573. The first-order valence-electron chi connectivity index (χ1n) is 4.66. The third-order valence-electron chi connectivity index (χ3n) is 1.91. The van der Waals surface area contributed by atoms with Crippen molar-refractivity contribution < 1.29 is 0 Å². The van der Waals surface area contributed by atoms with E-state index in [9.17, 15) is 0 Å². The Hall–Kier alpha value is -2.28. The largest absolute Gasteiger partial charge is 0.364 e. The Morgan fingerprint density at radius 3 is 2.75 bits per heavy atom. The van der Waals surface area contributed by atoms with Gasteiger partial charge in [-0.05, 0) is 6.07 Å². The summed E-state index contributed by atoms with van der Waals surface area (Å²) < 4.78 is 0. The minimum absolute atomic E-state index is 0.556. The summed E-state index contributed by atoms with van der Waals surface area (Å²) in [6.07, 6.45) is 4.62. The number of nitrogens with zero attached hydrogens (tertiary/aromatic N) is 4. The Bertz CT molecular complexity index is 445. The van der Waals surface area contributed by atoms with Crippen LogP contribution >= 0.6 is 0 Å². The summed E-state index contributed by atoms with van der Waals surface area (Å²) in [5, 5.41) is 3.10. The second kappa shape index (κ2) is 4.99. The first kappa shape index (κ1) is 10.2. The van der Waals surface area contributed by atoms with Crippen LogP contribution in [0, 0.1) is 0 Å². The molecule has 2 heterocycles. The molecule has 0 atom stereocenters. The number of nitrogen functional groups attached to an aromatic ring is 1. The van der Waals surface area contributed by atoms with Crippen molar-refractivity contribution in [1.82, 2.24) is 19.9 Å². The zero-order chi connectivity index (χ0) is 11.2. The van der Waals surface area contributed by atoms with Gasteiger partial charge in [0.25, 0.3) is 0 Å². The Balaban J connectivity index is 1.99. The minimum Gasteiger partial charge on any atom is -0.364 e. The lowest BCUT2D eigenvalue weighted by molar-refractivity contribution is 0.990. The fraction of sp³-hybridized carbons (Fsp3) is 0.111. The van der Waals surface area contributed by atoms with E-state index in [1.807, 2.05) is 6.07 Å². The van der Waals surface area contributed by atoms with Crippen molar-refractivity contribution in [2.24, 2.45) is 5.84 Å². The molecule has 0 saturated carbocycles. The van der Waals surface area contributed by atoms with Gasteiger partial charge in [0.05, 0.1) is 12.2 Å². The standard InChI is InChI=1S/C9H11N7/c10-16-9-3-8(14-6-15-9)12-4-7-1-2-11-5-13-7/h1-3,5-6H,4,10H2,(H2,12,14,15,16). The molecular formula is C9H11N7. The fourth-order valence-electron chi connectivity index (χ4n) is 1.14. The molecule has 0 aliphatic heterocycles. The van der Waals surface area contributed by atoms with Gasteiger partial charge >= 0.3 is 0 Å². The highest BCUT2D eigenvalue weighted by Gasteiger charge is 1.97. The molecule has 4 N–H and O–H groups in total. The third-order valence-corrected chi connectivity index (χ3v) is 1.91. The average molecular weight is 217 g/mol. The topological polar surface area (TPSA) is 102 Å². The predicted octanol–water partition coefficient (Wildman–Crippen LogP) is 0.164. The zero-order valence-corrected chi connectivity index (χ0v) is 8.46. The molecule has 0 aromatic carbocycles. The van der Waals surface area contributed by atoms with Crippen LogP contribution in [-0.2, 0) is 6.54 Å². The number of nitrogens with two attached hydrogens (primary N) is 1. The minimum atomic E-state index is 0.556. The maximum absolute atomic E-state index is 5.24. The van der Waals surface area contributed by atoms with Crippen molar-refractivity contribution in [2.45, 2.75) is 6.54 Å². The normalized spacial score (nSPS) is 9.81. The van der Waals surface area contributed by atoms with Gasteiger partial charge in [0.15, 0.2) is 0 Å². The molecular weight excluding hydrogens is 206 g/mol. The van der Waals surface area contributed by atoms with E-state index >= 15 is 0 Å².